The van der Waals surface area contributed by atoms with Gasteiger partial charge in [-0.3, -0.25) is 4.79 Å². The van der Waals surface area contributed by atoms with Crippen molar-refractivity contribution < 1.29 is 9.53 Å². The number of benzene rings is 1. The number of morpholine rings is 1. The van der Waals surface area contributed by atoms with Gasteiger partial charge in [-0.25, -0.2) is 9.97 Å². The Labute approximate surface area is 188 Å². The molecule has 0 N–H and O–H groups in total. The summed E-state index contributed by atoms with van der Waals surface area (Å²) in [5.41, 5.74) is 4.10. The fourth-order valence-corrected chi connectivity index (χ4v) is 4.66. The molecule has 31 heavy (non-hydrogen) atoms. The van der Waals surface area contributed by atoms with Crippen LogP contribution in [-0.4, -0.2) is 85.2 Å². The van der Waals surface area contributed by atoms with Gasteiger partial charge in [0.1, 0.15) is 5.82 Å². The predicted octanol–water partition coefficient (Wildman–Crippen LogP) is 2.61. The molecular formula is C23H31N5O2S. The van der Waals surface area contributed by atoms with Gasteiger partial charge in [-0.05, 0) is 38.6 Å². The average Bonchev–Trinajstić information content (AvgIpc) is 2.81. The Hall–Kier alpha value is -2.16. The number of carbonyl (C=O) groups excluding carboxylic acids is 1. The monoisotopic (exact) mass is 441 g/mol. The summed E-state index contributed by atoms with van der Waals surface area (Å²) < 4.78 is 5.33. The smallest absolute Gasteiger partial charge is 0.254 e. The van der Waals surface area contributed by atoms with Crippen LogP contribution >= 0.6 is 11.8 Å². The Balaban J connectivity index is 1.40. The first-order valence-corrected chi connectivity index (χ1v) is 11.9. The van der Waals surface area contributed by atoms with E-state index in [2.05, 4.69) is 30.7 Å². The second-order valence-corrected chi connectivity index (χ2v) is 9.16. The lowest BCUT2D eigenvalue weighted by Crippen LogP contribution is -2.45. The van der Waals surface area contributed by atoms with Crippen LogP contribution in [0, 0.1) is 13.8 Å². The Morgan fingerprint density at radius 1 is 1.00 bits per heavy atom. The summed E-state index contributed by atoms with van der Waals surface area (Å²) in [4.78, 5) is 28.8. The van der Waals surface area contributed by atoms with E-state index in [0.29, 0.717) is 26.3 Å². The lowest BCUT2D eigenvalue weighted by atomic mass is 10.1. The van der Waals surface area contributed by atoms with Crippen molar-refractivity contribution >= 4 is 23.5 Å². The van der Waals surface area contributed by atoms with E-state index in [0.717, 1.165) is 59.7 Å². The molecule has 1 aromatic carbocycles. The van der Waals surface area contributed by atoms with Crippen molar-refractivity contribution in [2.24, 2.45) is 0 Å². The van der Waals surface area contributed by atoms with Gasteiger partial charge in [-0.1, -0.05) is 23.9 Å². The van der Waals surface area contributed by atoms with E-state index < -0.39 is 0 Å². The SMILES string of the molecule is Cc1nc(SCc2ccc(C(=O)N3CCOCC3)cc2)nc(N2CCN(C)CC2)c1C. The summed E-state index contributed by atoms with van der Waals surface area (Å²) in [6, 6.07) is 7.90. The molecule has 0 aliphatic carbocycles. The first-order valence-electron chi connectivity index (χ1n) is 10.9. The summed E-state index contributed by atoms with van der Waals surface area (Å²) in [6.07, 6.45) is 0. The zero-order chi connectivity index (χ0) is 21.8. The van der Waals surface area contributed by atoms with Crippen LogP contribution in [0.5, 0.6) is 0 Å². The van der Waals surface area contributed by atoms with E-state index >= 15 is 0 Å². The second-order valence-electron chi connectivity index (χ2n) is 8.22. The van der Waals surface area contributed by atoms with Gasteiger partial charge in [-0.2, -0.15) is 0 Å². The van der Waals surface area contributed by atoms with E-state index in [1.807, 2.05) is 29.2 Å². The van der Waals surface area contributed by atoms with Crippen LogP contribution in [0.3, 0.4) is 0 Å². The van der Waals surface area contributed by atoms with Gasteiger partial charge in [0.15, 0.2) is 5.16 Å². The number of aryl methyl sites for hydroxylation is 1. The molecule has 2 aliphatic heterocycles. The van der Waals surface area contributed by atoms with Crippen LogP contribution in [0.25, 0.3) is 0 Å². The van der Waals surface area contributed by atoms with Gasteiger partial charge < -0.3 is 19.4 Å². The van der Waals surface area contributed by atoms with Crippen molar-refractivity contribution in [2.45, 2.75) is 24.8 Å². The topological polar surface area (TPSA) is 61.8 Å². The van der Waals surface area contributed by atoms with Crippen molar-refractivity contribution in [2.75, 3.05) is 64.4 Å². The Morgan fingerprint density at radius 3 is 2.35 bits per heavy atom. The maximum Gasteiger partial charge on any atom is 0.254 e. The average molecular weight is 442 g/mol. The normalized spacial score (nSPS) is 17.8. The molecule has 2 aliphatic rings. The number of ether oxygens (including phenoxy) is 1. The minimum Gasteiger partial charge on any atom is -0.378 e. The molecule has 166 valence electrons. The van der Waals surface area contributed by atoms with E-state index in [1.165, 1.54) is 5.56 Å². The standard InChI is InChI=1S/C23H31N5O2S/c1-17-18(2)24-23(25-21(17)27-10-8-26(3)9-11-27)31-16-19-4-6-20(7-5-19)22(29)28-12-14-30-15-13-28/h4-7H,8-16H2,1-3H3. The fourth-order valence-electron chi connectivity index (χ4n) is 3.82. The van der Waals surface area contributed by atoms with Crippen molar-refractivity contribution in [3.05, 3.63) is 46.6 Å². The second kappa shape index (κ2) is 9.97. The van der Waals surface area contributed by atoms with Crippen molar-refractivity contribution in [3.8, 4) is 0 Å². The van der Waals surface area contributed by atoms with E-state index in [-0.39, 0.29) is 5.91 Å². The third-order valence-electron chi connectivity index (χ3n) is 6.01. The quantitative estimate of drug-likeness (QED) is 0.522. The summed E-state index contributed by atoms with van der Waals surface area (Å²) in [7, 11) is 2.16. The van der Waals surface area contributed by atoms with E-state index in [9.17, 15) is 4.79 Å². The number of anilines is 1. The molecule has 0 unspecified atom stereocenters. The van der Waals surface area contributed by atoms with Gasteiger partial charge in [-0.15, -0.1) is 0 Å². The lowest BCUT2D eigenvalue weighted by molar-refractivity contribution is 0.0303. The van der Waals surface area contributed by atoms with Crippen molar-refractivity contribution in [1.29, 1.82) is 0 Å². The third-order valence-corrected chi connectivity index (χ3v) is 6.93. The molecule has 2 aromatic rings. The minimum atomic E-state index is 0.0804. The minimum absolute atomic E-state index is 0.0804. The summed E-state index contributed by atoms with van der Waals surface area (Å²) in [6.45, 7) is 10.8. The van der Waals surface area contributed by atoms with Crippen molar-refractivity contribution in [3.63, 3.8) is 0 Å². The molecule has 0 saturated carbocycles. The Morgan fingerprint density at radius 2 is 1.68 bits per heavy atom. The number of likely N-dealkylation sites (N-methyl/N-ethyl adjacent to an activating group) is 1. The van der Waals surface area contributed by atoms with Crippen LogP contribution < -0.4 is 4.90 Å². The molecule has 0 bridgehead atoms. The molecule has 3 heterocycles. The summed E-state index contributed by atoms with van der Waals surface area (Å²) in [5, 5.41) is 0.811. The number of rotatable bonds is 5. The molecule has 0 spiro atoms. The third kappa shape index (κ3) is 5.37. The zero-order valence-electron chi connectivity index (χ0n) is 18.6. The van der Waals surface area contributed by atoms with Crippen LogP contribution in [0.4, 0.5) is 5.82 Å². The Kier molecular flexibility index (Phi) is 7.09. The highest BCUT2D eigenvalue weighted by Gasteiger charge is 2.20. The van der Waals surface area contributed by atoms with Gasteiger partial charge in [0.2, 0.25) is 0 Å². The van der Waals surface area contributed by atoms with E-state index in [1.54, 1.807) is 11.8 Å². The molecule has 0 radical (unpaired) electrons. The number of nitrogens with zero attached hydrogens (tertiary/aromatic N) is 5. The van der Waals surface area contributed by atoms with Gasteiger partial charge in [0.25, 0.3) is 5.91 Å². The van der Waals surface area contributed by atoms with E-state index in [4.69, 9.17) is 14.7 Å². The maximum absolute atomic E-state index is 12.6. The highest BCUT2D eigenvalue weighted by atomic mass is 32.2. The summed E-state index contributed by atoms with van der Waals surface area (Å²) >= 11 is 1.65. The molecule has 1 amide bonds. The summed E-state index contributed by atoms with van der Waals surface area (Å²) in [5.74, 6) is 1.92. The zero-order valence-corrected chi connectivity index (χ0v) is 19.5. The van der Waals surface area contributed by atoms with Crippen LogP contribution in [-0.2, 0) is 10.5 Å². The highest BCUT2D eigenvalue weighted by Crippen LogP contribution is 2.27. The highest BCUT2D eigenvalue weighted by molar-refractivity contribution is 7.98. The molecule has 8 heteroatoms. The largest absolute Gasteiger partial charge is 0.378 e. The van der Waals surface area contributed by atoms with Crippen LogP contribution in [0.1, 0.15) is 27.2 Å². The number of carbonyl (C=O) groups is 1. The first-order chi connectivity index (χ1) is 15.0. The number of hydrogen-bond acceptors (Lipinski definition) is 7. The Bertz CT molecular complexity index is 907. The van der Waals surface area contributed by atoms with Crippen LogP contribution in [0.2, 0.25) is 0 Å². The van der Waals surface area contributed by atoms with Gasteiger partial charge in [0, 0.05) is 61.8 Å². The number of thioether (sulfide) groups is 1. The fraction of sp³-hybridized carbons (Fsp3) is 0.522. The number of aromatic nitrogens is 2. The van der Waals surface area contributed by atoms with Crippen molar-refractivity contribution in [1.82, 2.24) is 19.8 Å². The molecule has 1 aromatic heterocycles. The molecular weight excluding hydrogens is 410 g/mol. The van der Waals surface area contributed by atoms with Crippen LogP contribution in [0.15, 0.2) is 29.4 Å². The van der Waals surface area contributed by atoms with Gasteiger partial charge >= 0.3 is 0 Å². The first kappa shape index (κ1) is 22.0. The predicted molar refractivity (Wildman–Crippen MR) is 124 cm³/mol. The van der Waals surface area contributed by atoms with Gasteiger partial charge in [0.05, 0.1) is 13.2 Å². The maximum atomic E-state index is 12.6. The molecule has 2 saturated heterocycles. The molecule has 7 nitrogen and oxygen atoms in total. The molecule has 4 rings (SSSR count). The molecule has 2 fully saturated rings. The number of piperazine rings is 1. The molecule has 0 atom stereocenters. The number of amides is 1. The lowest BCUT2D eigenvalue weighted by Gasteiger charge is -2.34. The number of hydrogen-bond donors (Lipinski definition) is 0.